The molecule has 24 heavy (non-hydrogen) atoms. The first-order chi connectivity index (χ1) is 11.4. The van der Waals surface area contributed by atoms with Crippen LogP contribution in [0.1, 0.15) is 29.4 Å². The van der Waals surface area contributed by atoms with Crippen LogP contribution in [0.15, 0.2) is 34.9 Å². The van der Waals surface area contributed by atoms with E-state index < -0.39 is 6.04 Å². The molecule has 2 rings (SSSR count). The molecule has 2 aromatic heterocycles. The Bertz CT molecular complexity index is 666. The maximum atomic E-state index is 12.0. The van der Waals surface area contributed by atoms with Gasteiger partial charge in [-0.3, -0.25) is 4.79 Å². The number of furan rings is 1. The maximum Gasteiger partial charge on any atom is 0.315 e. The summed E-state index contributed by atoms with van der Waals surface area (Å²) in [4.78, 5) is 26.4. The highest BCUT2D eigenvalue weighted by Gasteiger charge is 2.17. The van der Waals surface area contributed by atoms with Gasteiger partial charge in [0, 0.05) is 22.2 Å². The van der Waals surface area contributed by atoms with E-state index in [4.69, 9.17) is 4.42 Å². The summed E-state index contributed by atoms with van der Waals surface area (Å²) in [6.45, 7) is 5.94. The van der Waals surface area contributed by atoms with Crippen molar-refractivity contribution in [2.75, 3.05) is 0 Å². The fourth-order valence-corrected chi connectivity index (χ4v) is 3.23. The molecular weight excluding hydrogens is 326 g/mol. The van der Waals surface area contributed by atoms with Crippen LogP contribution in [0.4, 0.5) is 4.79 Å². The molecule has 130 valence electrons. The summed E-state index contributed by atoms with van der Waals surface area (Å²) in [5, 5.41) is 8.21. The molecule has 3 amide bonds. The molecule has 2 aromatic rings. The Morgan fingerprint density at radius 3 is 2.62 bits per heavy atom. The van der Waals surface area contributed by atoms with E-state index in [0.717, 1.165) is 6.42 Å². The van der Waals surface area contributed by atoms with Crippen molar-refractivity contribution in [2.45, 2.75) is 45.8 Å². The summed E-state index contributed by atoms with van der Waals surface area (Å²) in [5.74, 6) is 0.406. The van der Waals surface area contributed by atoms with Gasteiger partial charge < -0.3 is 20.4 Å². The predicted octanol–water partition coefficient (Wildman–Crippen LogP) is 2.58. The van der Waals surface area contributed by atoms with Crippen molar-refractivity contribution in [1.29, 1.82) is 0 Å². The molecule has 0 saturated carbocycles. The Labute approximate surface area is 145 Å². The molecule has 3 N–H and O–H groups in total. The molecule has 6 nitrogen and oxygen atoms in total. The number of carbonyl (C=O) groups excluding carboxylic acids is 2. The molecule has 2 heterocycles. The van der Waals surface area contributed by atoms with E-state index in [1.807, 2.05) is 6.92 Å². The number of hydrogen-bond donors (Lipinski definition) is 3. The minimum absolute atomic E-state index is 0.0126. The van der Waals surface area contributed by atoms with Gasteiger partial charge in [-0.2, -0.15) is 0 Å². The Balaban J connectivity index is 1.71. The minimum atomic E-state index is -0.629. The van der Waals surface area contributed by atoms with Crippen LogP contribution in [0, 0.1) is 6.92 Å². The lowest BCUT2D eigenvalue weighted by Gasteiger charge is -2.17. The van der Waals surface area contributed by atoms with Crippen molar-refractivity contribution < 1.29 is 14.0 Å². The number of amides is 3. The van der Waals surface area contributed by atoms with Gasteiger partial charge in [0.1, 0.15) is 11.8 Å². The van der Waals surface area contributed by atoms with Gasteiger partial charge in [0.2, 0.25) is 5.91 Å². The fourth-order valence-electron chi connectivity index (χ4n) is 2.22. The molecule has 0 radical (unpaired) electrons. The first kappa shape index (κ1) is 18.1. The smallest absolute Gasteiger partial charge is 0.315 e. The molecule has 7 heteroatoms. The van der Waals surface area contributed by atoms with Crippen LogP contribution in [-0.4, -0.2) is 24.0 Å². The van der Waals surface area contributed by atoms with Gasteiger partial charge in [0.05, 0.1) is 12.8 Å². The van der Waals surface area contributed by atoms with E-state index in [1.165, 1.54) is 9.75 Å². The number of thiophene rings is 1. The molecule has 0 fully saturated rings. The molecular formula is C17H23N3O3S. The highest BCUT2D eigenvalue weighted by Crippen LogP contribution is 2.16. The first-order valence-corrected chi connectivity index (χ1v) is 8.68. The van der Waals surface area contributed by atoms with Crippen molar-refractivity contribution in [3.8, 4) is 0 Å². The van der Waals surface area contributed by atoms with Gasteiger partial charge >= 0.3 is 6.03 Å². The number of aryl methyl sites for hydroxylation is 1. The Kier molecular flexibility index (Phi) is 6.43. The number of carbonyl (C=O) groups is 2. The standard InChI is InChI=1S/C17H23N3O3S/c1-11(9-15-7-6-12(2)24-15)19-17(22)20-13(3)16(21)18-10-14-5-4-8-23-14/h4-8,11,13H,9-10H2,1-3H3,(H,18,21)(H2,19,20,22)/t11-,13-/m0/s1. The Hall–Kier alpha value is -2.28. The summed E-state index contributed by atoms with van der Waals surface area (Å²) in [6, 6.07) is 6.68. The van der Waals surface area contributed by atoms with E-state index >= 15 is 0 Å². The molecule has 0 aliphatic carbocycles. The maximum absolute atomic E-state index is 12.0. The van der Waals surface area contributed by atoms with E-state index in [-0.39, 0.29) is 18.0 Å². The lowest BCUT2D eigenvalue weighted by atomic mass is 10.2. The van der Waals surface area contributed by atoms with Gasteiger partial charge in [-0.15, -0.1) is 11.3 Å². The van der Waals surface area contributed by atoms with Crippen LogP contribution < -0.4 is 16.0 Å². The molecule has 0 aliphatic heterocycles. The number of nitrogens with one attached hydrogen (secondary N) is 3. The molecule has 0 bridgehead atoms. The zero-order valence-corrected chi connectivity index (χ0v) is 14.9. The number of hydrogen-bond acceptors (Lipinski definition) is 4. The monoisotopic (exact) mass is 349 g/mol. The zero-order valence-electron chi connectivity index (χ0n) is 14.1. The van der Waals surface area contributed by atoms with E-state index in [9.17, 15) is 9.59 Å². The topological polar surface area (TPSA) is 83.4 Å². The minimum Gasteiger partial charge on any atom is -0.467 e. The second-order valence-electron chi connectivity index (χ2n) is 5.75. The third-order valence-corrected chi connectivity index (χ3v) is 4.46. The Morgan fingerprint density at radius 2 is 2.00 bits per heavy atom. The lowest BCUT2D eigenvalue weighted by Crippen LogP contribution is -2.50. The van der Waals surface area contributed by atoms with Crippen molar-refractivity contribution in [3.63, 3.8) is 0 Å². The van der Waals surface area contributed by atoms with Gasteiger partial charge in [0.15, 0.2) is 0 Å². The highest BCUT2D eigenvalue weighted by atomic mass is 32.1. The summed E-state index contributed by atoms with van der Waals surface area (Å²) in [6.07, 6.45) is 2.32. The van der Waals surface area contributed by atoms with E-state index in [0.29, 0.717) is 12.3 Å². The van der Waals surface area contributed by atoms with Crippen LogP contribution in [0.5, 0.6) is 0 Å². The van der Waals surface area contributed by atoms with Crippen molar-refractivity contribution in [1.82, 2.24) is 16.0 Å². The van der Waals surface area contributed by atoms with Crippen LogP contribution in [0.2, 0.25) is 0 Å². The molecule has 0 aromatic carbocycles. The second kappa shape index (κ2) is 8.54. The zero-order chi connectivity index (χ0) is 17.5. The molecule has 0 unspecified atom stereocenters. The van der Waals surface area contributed by atoms with E-state index in [1.54, 1.807) is 36.7 Å². The molecule has 0 saturated heterocycles. The highest BCUT2D eigenvalue weighted by molar-refractivity contribution is 7.11. The number of rotatable bonds is 7. The van der Waals surface area contributed by atoms with Gasteiger partial charge in [-0.1, -0.05) is 0 Å². The van der Waals surface area contributed by atoms with Crippen LogP contribution in [0.3, 0.4) is 0 Å². The predicted molar refractivity (Wildman–Crippen MR) is 93.9 cm³/mol. The van der Waals surface area contributed by atoms with Gasteiger partial charge in [-0.05, 0) is 45.0 Å². The SMILES string of the molecule is Cc1ccc(C[C@H](C)NC(=O)N[C@@H](C)C(=O)NCc2ccco2)s1. The molecule has 0 aliphatic rings. The Morgan fingerprint density at radius 1 is 1.21 bits per heavy atom. The van der Waals surface area contributed by atoms with Crippen LogP contribution in [-0.2, 0) is 17.8 Å². The third kappa shape index (κ3) is 5.73. The van der Waals surface area contributed by atoms with Crippen molar-refractivity contribution in [3.05, 3.63) is 46.0 Å². The average Bonchev–Trinajstić information content (AvgIpc) is 3.16. The summed E-state index contributed by atoms with van der Waals surface area (Å²) in [5.41, 5.74) is 0. The van der Waals surface area contributed by atoms with Crippen molar-refractivity contribution in [2.24, 2.45) is 0 Å². The average molecular weight is 349 g/mol. The fraction of sp³-hybridized carbons (Fsp3) is 0.412. The summed E-state index contributed by atoms with van der Waals surface area (Å²) in [7, 11) is 0. The summed E-state index contributed by atoms with van der Waals surface area (Å²) >= 11 is 1.72. The molecule has 0 spiro atoms. The van der Waals surface area contributed by atoms with Gasteiger partial charge in [0.25, 0.3) is 0 Å². The van der Waals surface area contributed by atoms with Gasteiger partial charge in [-0.25, -0.2) is 4.79 Å². The first-order valence-electron chi connectivity index (χ1n) is 7.86. The normalized spacial score (nSPS) is 13.1. The van der Waals surface area contributed by atoms with Crippen molar-refractivity contribution >= 4 is 23.3 Å². The van der Waals surface area contributed by atoms with Crippen LogP contribution in [0.25, 0.3) is 0 Å². The number of urea groups is 1. The summed E-state index contributed by atoms with van der Waals surface area (Å²) < 4.78 is 5.14. The third-order valence-electron chi connectivity index (χ3n) is 3.44. The quantitative estimate of drug-likeness (QED) is 0.718. The second-order valence-corrected chi connectivity index (χ2v) is 7.13. The lowest BCUT2D eigenvalue weighted by molar-refractivity contribution is -0.122. The van der Waals surface area contributed by atoms with E-state index in [2.05, 4.69) is 35.0 Å². The van der Waals surface area contributed by atoms with Crippen LogP contribution >= 0.6 is 11.3 Å². The largest absolute Gasteiger partial charge is 0.467 e. The molecule has 2 atom stereocenters.